The SMILES string of the molecule is C=C(C)c1ccc2c(c1)nc(Nc1ccc(C)cc1)n2Cc1ccccc1C(C)(C)F. The maximum Gasteiger partial charge on any atom is 0.208 e. The molecule has 0 spiro atoms. The zero-order valence-electron chi connectivity index (χ0n) is 18.5. The van der Waals surface area contributed by atoms with E-state index in [9.17, 15) is 4.39 Å². The molecular weight excluding hydrogens is 385 g/mol. The number of nitrogens with one attached hydrogen (secondary N) is 1. The minimum Gasteiger partial charge on any atom is -0.326 e. The number of rotatable bonds is 6. The molecule has 0 amide bonds. The molecule has 0 aliphatic rings. The molecule has 1 N–H and O–H groups in total. The van der Waals surface area contributed by atoms with E-state index in [2.05, 4.69) is 53.7 Å². The molecule has 0 saturated heterocycles. The van der Waals surface area contributed by atoms with Gasteiger partial charge >= 0.3 is 0 Å². The van der Waals surface area contributed by atoms with Crippen molar-refractivity contribution in [3.05, 3.63) is 95.6 Å². The van der Waals surface area contributed by atoms with Gasteiger partial charge in [-0.2, -0.15) is 0 Å². The van der Waals surface area contributed by atoms with Crippen LogP contribution in [0.3, 0.4) is 0 Å². The van der Waals surface area contributed by atoms with Gasteiger partial charge in [0, 0.05) is 5.69 Å². The van der Waals surface area contributed by atoms with Crippen LogP contribution in [0.1, 0.15) is 43.0 Å². The van der Waals surface area contributed by atoms with Crippen molar-refractivity contribution in [2.24, 2.45) is 0 Å². The average Bonchev–Trinajstić information content (AvgIpc) is 3.05. The number of nitrogens with zero attached hydrogens (tertiary/aromatic N) is 2. The van der Waals surface area contributed by atoms with Crippen LogP contribution in [0.2, 0.25) is 0 Å². The van der Waals surface area contributed by atoms with E-state index in [0.717, 1.165) is 39.4 Å². The van der Waals surface area contributed by atoms with Gasteiger partial charge in [-0.05, 0) is 68.7 Å². The highest BCUT2D eigenvalue weighted by molar-refractivity contribution is 5.83. The highest BCUT2D eigenvalue weighted by Gasteiger charge is 2.23. The lowest BCUT2D eigenvalue weighted by Gasteiger charge is -2.20. The Morgan fingerprint density at radius 2 is 1.77 bits per heavy atom. The third kappa shape index (κ3) is 4.38. The molecule has 3 nitrogen and oxygen atoms in total. The Balaban J connectivity index is 1.84. The lowest BCUT2D eigenvalue weighted by Crippen LogP contribution is -2.15. The second-order valence-corrected chi connectivity index (χ2v) is 8.63. The molecule has 158 valence electrons. The van der Waals surface area contributed by atoms with Gasteiger partial charge in [-0.1, -0.05) is 60.2 Å². The smallest absolute Gasteiger partial charge is 0.208 e. The van der Waals surface area contributed by atoms with Crippen LogP contribution < -0.4 is 5.32 Å². The highest BCUT2D eigenvalue weighted by atomic mass is 19.1. The fourth-order valence-electron chi connectivity index (χ4n) is 3.83. The Bertz CT molecular complexity index is 1240. The molecule has 4 aromatic rings. The lowest BCUT2D eigenvalue weighted by atomic mass is 9.94. The molecule has 0 aliphatic carbocycles. The van der Waals surface area contributed by atoms with Crippen molar-refractivity contribution in [2.75, 3.05) is 5.32 Å². The zero-order valence-corrected chi connectivity index (χ0v) is 18.5. The number of imidazole rings is 1. The summed E-state index contributed by atoms with van der Waals surface area (Å²) < 4.78 is 17.0. The largest absolute Gasteiger partial charge is 0.326 e. The van der Waals surface area contributed by atoms with Gasteiger partial charge in [0.25, 0.3) is 0 Å². The van der Waals surface area contributed by atoms with Crippen molar-refractivity contribution in [1.29, 1.82) is 0 Å². The molecule has 1 aromatic heterocycles. The normalized spacial score (nSPS) is 11.6. The summed E-state index contributed by atoms with van der Waals surface area (Å²) in [4.78, 5) is 4.88. The van der Waals surface area contributed by atoms with Gasteiger partial charge in [-0.3, -0.25) is 0 Å². The molecule has 3 aromatic carbocycles. The van der Waals surface area contributed by atoms with E-state index in [1.165, 1.54) is 5.56 Å². The molecule has 1 heterocycles. The van der Waals surface area contributed by atoms with Crippen molar-refractivity contribution in [3.8, 4) is 0 Å². The quantitative estimate of drug-likeness (QED) is 0.357. The Kier molecular flexibility index (Phi) is 5.40. The summed E-state index contributed by atoms with van der Waals surface area (Å²) in [5.74, 6) is 0.726. The van der Waals surface area contributed by atoms with Crippen molar-refractivity contribution in [3.63, 3.8) is 0 Å². The van der Waals surface area contributed by atoms with Gasteiger partial charge in [0.15, 0.2) is 0 Å². The summed E-state index contributed by atoms with van der Waals surface area (Å²) in [5, 5.41) is 3.45. The monoisotopic (exact) mass is 413 g/mol. The fourth-order valence-corrected chi connectivity index (χ4v) is 3.83. The number of benzene rings is 3. The summed E-state index contributed by atoms with van der Waals surface area (Å²) in [7, 11) is 0. The minimum absolute atomic E-state index is 0.515. The standard InChI is InChI=1S/C27H28FN3/c1-18(2)20-12-15-25-24(16-20)30-26(29-22-13-10-19(3)11-14-22)31(25)17-21-8-6-7-9-23(21)27(4,5)28/h6-16H,1,17H2,2-5H3,(H,29,30). The number of fused-ring (bicyclic) bond motifs is 1. The van der Waals surface area contributed by atoms with E-state index in [1.54, 1.807) is 13.8 Å². The number of hydrogen-bond acceptors (Lipinski definition) is 2. The van der Waals surface area contributed by atoms with Crippen LogP contribution in [0.25, 0.3) is 16.6 Å². The minimum atomic E-state index is -1.43. The molecule has 0 bridgehead atoms. The molecule has 0 unspecified atom stereocenters. The van der Waals surface area contributed by atoms with E-state index < -0.39 is 5.67 Å². The fraction of sp³-hybridized carbons (Fsp3) is 0.222. The number of allylic oxidation sites excluding steroid dienone is 1. The van der Waals surface area contributed by atoms with Crippen LogP contribution in [0.4, 0.5) is 16.0 Å². The van der Waals surface area contributed by atoms with Crippen LogP contribution in [0.15, 0.2) is 73.3 Å². The lowest BCUT2D eigenvalue weighted by molar-refractivity contribution is 0.219. The van der Waals surface area contributed by atoms with Gasteiger partial charge in [0.2, 0.25) is 5.95 Å². The summed E-state index contributed by atoms with van der Waals surface area (Å²) >= 11 is 0. The third-order valence-corrected chi connectivity index (χ3v) is 5.54. The Morgan fingerprint density at radius 1 is 1.06 bits per heavy atom. The molecule has 0 radical (unpaired) electrons. The Hall–Kier alpha value is -3.40. The second-order valence-electron chi connectivity index (χ2n) is 8.63. The van der Waals surface area contributed by atoms with Gasteiger partial charge in [-0.15, -0.1) is 0 Å². The predicted molar refractivity (Wildman–Crippen MR) is 129 cm³/mol. The summed E-state index contributed by atoms with van der Waals surface area (Å²) in [6.45, 7) is 11.8. The molecule has 4 heteroatoms. The zero-order chi connectivity index (χ0) is 22.2. The number of alkyl halides is 1. The second kappa shape index (κ2) is 8.03. The Labute approximate surface area is 183 Å². The van der Waals surface area contributed by atoms with Crippen molar-refractivity contribution in [1.82, 2.24) is 9.55 Å². The molecule has 31 heavy (non-hydrogen) atoms. The van der Waals surface area contributed by atoms with Crippen LogP contribution in [0, 0.1) is 6.92 Å². The summed E-state index contributed by atoms with van der Waals surface area (Å²) in [6, 6.07) is 22.1. The molecular formula is C27H28FN3. The third-order valence-electron chi connectivity index (χ3n) is 5.54. The topological polar surface area (TPSA) is 29.9 Å². The average molecular weight is 414 g/mol. The van der Waals surface area contributed by atoms with E-state index in [1.807, 2.05) is 43.3 Å². The maximum atomic E-state index is 14.9. The molecule has 0 fully saturated rings. The Morgan fingerprint density at radius 3 is 2.45 bits per heavy atom. The number of aromatic nitrogens is 2. The first-order valence-electron chi connectivity index (χ1n) is 10.5. The first-order valence-corrected chi connectivity index (χ1v) is 10.5. The van der Waals surface area contributed by atoms with Crippen LogP contribution in [-0.2, 0) is 12.2 Å². The van der Waals surface area contributed by atoms with Crippen LogP contribution in [0.5, 0.6) is 0 Å². The number of halogens is 1. The van der Waals surface area contributed by atoms with E-state index >= 15 is 0 Å². The van der Waals surface area contributed by atoms with E-state index in [-0.39, 0.29) is 0 Å². The van der Waals surface area contributed by atoms with E-state index in [4.69, 9.17) is 4.98 Å². The molecule has 4 rings (SSSR count). The van der Waals surface area contributed by atoms with E-state index in [0.29, 0.717) is 12.1 Å². The molecule has 0 saturated carbocycles. The number of anilines is 2. The van der Waals surface area contributed by atoms with Crippen LogP contribution >= 0.6 is 0 Å². The number of hydrogen-bond donors (Lipinski definition) is 1. The van der Waals surface area contributed by atoms with Gasteiger partial charge < -0.3 is 9.88 Å². The van der Waals surface area contributed by atoms with Crippen molar-refractivity contribution in [2.45, 2.75) is 39.9 Å². The maximum absolute atomic E-state index is 14.9. The molecule has 0 atom stereocenters. The summed E-state index contributed by atoms with van der Waals surface area (Å²) in [6.07, 6.45) is 0. The first kappa shape index (κ1) is 20.9. The summed E-state index contributed by atoms with van der Waals surface area (Å²) in [5.41, 5.74) is 6.29. The number of aryl methyl sites for hydroxylation is 1. The van der Waals surface area contributed by atoms with Crippen LogP contribution in [-0.4, -0.2) is 9.55 Å². The van der Waals surface area contributed by atoms with Gasteiger partial charge in [0.1, 0.15) is 5.67 Å². The highest BCUT2D eigenvalue weighted by Crippen LogP contribution is 2.31. The first-order chi connectivity index (χ1) is 14.7. The predicted octanol–water partition coefficient (Wildman–Crippen LogP) is 7.37. The van der Waals surface area contributed by atoms with Crippen molar-refractivity contribution >= 4 is 28.2 Å². The molecule has 0 aliphatic heterocycles. The van der Waals surface area contributed by atoms with Crippen molar-refractivity contribution < 1.29 is 4.39 Å². The van der Waals surface area contributed by atoms with Gasteiger partial charge in [0.05, 0.1) is 17.6 Å². The van der Waals surface area contributed by atoms with Gasteiger partial charge in [-0.25, -0.2) is 9.37 Å².